The van der Waals surface area contributed by atoms with Gasteiger partial charge in [-0.3, -0.25) is 0 Å². The van der Waals surface area contributed by atoms with Crippen molar-refractivity contribution in [1.29, 1.82) is 0 Å². The van der Waals surface area contributed by atoms with E-state index in [-0.39, 0.29) is 18.2 Å². The fourth-order valence-corrected chi connectivity index (χ4v) is 2.62. The van der Waals surface area contributed by atoms with Crippen LogP contribution in [0.2, 0.25) is 0 Å². The average molecular weight is 302 g/mol. The maximum absolute atomic E-state index is 12.7. The lowest BCUT2D eigenvalue weighted by molar-refractivity contribution is 0.291. The van der Waals surface area contributed by atoms with Gasteiger partial charge in [0, 0.05) is 17.3 Å². The second kappa shape index (κ2) is 8.15. The predicted octanol–water partition coefficient (Wildman–Crippen LogP) is 4.04. The molecule has 0 fully saturated rings. The molecule has 0 aliphatic heterocycles. The van der Waals surface area contributed by atoms with Gasteiger partial charge in [0.2, 0.25) is 0 Å². The number of benzene rings is 1. The summed E-state index contributed by atoms with van der Waals surface area (Å²) in [4.78, 5) is 1.31. The Morgan fingerprint density at radius 2 is 2.00 bits per heavy atom. The highest BCUT2D eigenvalue weighted by Crippen LogP contribution is 2.22. The minimum absolute atomic E-state index is 0. The van der Waals surface area contributed by atoms with Crippen LogP contribution in [0, 0.1) is 5.82 Å². The van der Waals surface area contributed by atoms with Crippen molar-refractivity contribution in [1.82, 2.24) is 5.32 Å². The van der Waals surface area contributed by atoms with Crippen molar-refractivity contribution in [2.45, 2.75) is 12.5 Å². The Labute approximate surface area is 123 Å². The molecule has 1 N–H and O–H groups in total. The van der Waals surface area contributed by atoms with Gasteiger partial charge in [-0.15, -0.1) is 23.7 Å². The molecule has 0 saturated heterocycles. The van der Waals surface area contributed by atoms with E-state index in [0.29, 0.717) is 18.4 Å². The van der Waals surface area contributed by atoms with Crippen LogP contribution in [0.25, 0.3) is 0 Å². The molecule has 0 aliphatic carbocycles. The summed E-state index contributed by atoms with van der Waals surface area (Å²) in [5.41, 5.74) is 0. The molecular formula is C14H17ClFNOS. The van der Waals surface area contributed by atoms with Crippen molar-refractivity contribution < 1.29 is 9.13 Å². The summed E-state index contributed by atoms with van der Waals surface area (Å²) in [6.45, 7) is 0.606. The fourth-order valence-electron chi connectivity index (χ4n) is 1.74. The van der Waals surface area contributed by atoms with Crippen LogP contribution in [0.4, 0.5) is 4.39 Å². The maximum atomic E-state index is 12.7. The van der Waals surface area contributed by atoms with Crippen molar-refractivity contribution in [3.8, 4) is 5.75 Å². The van der Waals surface area contributed by atoms with E-state index in [1.165, 1.54) is 17.0 Å². The number of ether oxygens (including phenoxy) is 1. The van der Waals surface area contributed by atoms with Gasteiger partial charge in [0.25, 0.3) is 0 Å². The Bertz CT molecular complexity index is 461. The van der Waals surface area contributed by atoms with E-state index >= 15 is 0 Å². The number of nitrogens with one attached hydrogen (secondary N) is 1. The van der Waals surface area contributed by atoms with E-state index in [1.54, 1.807) is 23.5 Å². The van der Waals surface area contributed by atoms with E-state index in [1.807, 2.05) is 13.1 Å². The molecule has 19 heavy (non-hydrogen) atoms. The Balaban J connectivity index is 0.00000180. The first kappa shape index (κ1) is 16.0. The van der Waals surface area contributed by atoms with Gasteiger partial charge in [-0.25, -0.2) is 4.39 Å². The van der Waals surface area contributed by atoms with Gasteiger partial charge in [-0.05, 0) is 42.8 Å². The van der Waals surface area contributed by atoms with Crippen LogP contribution in [0.15, 0.2) is 41.8 Å². The Hall–Kier alpha value is -1.10. The van der Waals surface area contributed by atoms with E-state index in [9.17, 15) is 4.39 Å². The largest absolute Gasteiger partial charge is 0.494 e. The Morgan fingerprint density at radius 3 is 2.58 bits per heavy atom. The highest BCUT2D eigenvalue weighted by Gasteiger charge is 2.09. The van der Waals surface area contributed by atoms with Gasteiger partial charge in [0.1, 0.15) is 11.6 Å². The minimum atomic E-state index is -0.242. The first-order chi connectivity index (χ1) is 8.79. The molecule has 0 radical (unpaired) electrons. The molecule has 5 heteroatoms. The number of halogens is 2. The molecule has 0 saturated carbocycles. The molecule has 0 spiro atoms. The predicted molar refractivity (Wildman–Crippen MR) is 79.9 cm³/mol. The lowest BCUT2D eigenvalue weighted by Crippen LogP contribution is -2.18. The molecule has 104 valence electrons. The fraction of sp³-hybridized carbons (Fsp3) is 0.286. The summed E-state index contributed by atoms with van der Waals surface area (Å²) in [5, 5.41) is 5.34. The zero-order valence-electron chi connectivity index (χ0n) is 10.6. The second-order valence-corrected chi connectivity index (χ2v) is 4.93. The molecule has 0 amide bonds. The van der Waals surface area contributed by atoms with Gasteiger partial charge in [-0.2, -0.15) is 0 Å². The summed E-state index contributed by atoms with van der Waals surface area (Å²) in [5.74, 6) is 0.464. The van der Waals surface area contributed by atoms with E-state index in [2.05, 4.69) is 16.8 Å². The number of thiophene rings is 1. The highest BCUT2D eigenvalue weighted by atomic mass is 35.5. The molecule has 0 aliphatic rings. The van der Waals surface area contributed by atoms with E-state index in [4.69, 9.17) is 4.74 Å². The average Bonchev–Trinajstić information content (AvgIpc) is 2.91. The lowest BCUT2D eigenvalue weighted by Gasteiger charge is -2.15. The van der Waals surface area contributed by atoms with Crippen LogP contribution in [0.3, 0.4) is 0 Å². The van der Waals surface area contributed by atoms with Crippen molar-refractivity contribution in [2.24, 2.45) is 0 Å². The minimum Gasteiger partial charge on any atom is -0.494 e. The van der Waals surface area contributed by atoms with Crippen LogP contribution in [0.5, 0.6) is 5.75 Å². The Morgan fingerprint density at radius 1 is 1.26 bits per heavy atom. The zero-order chi connectivity index (χ0) is 12.8. The van der Waals surface area contributed by atoms with Crippen LogP contribution in [0.1, 0.15) is 17.3 Å². The molecule has 2 aromatic rings. The lowest BCUT2D eigenvalue weighted by atomic mass is 10.2. The van der Waals surface area contributed by atoms with Crippen LogP contribution >= 0.6 is 23.7 Å². The molecule has 1 aromatic carbocycles. The topological polar surface area (TPSA) is 21.3 Å². The third-order valence-electron chi connectivity index (χ3n) is 2.72. The molecule has 1 heterocycles. The number of rotatable bonds is 6. The highest BCUT2D eigenvalue weighted by molar-refractivity contribution is 7.10. The number of hydrogen-bond acceptors (Lipinski definition) is 3. The molecular weight excluding hydrogens is 285 g/mol. The molecule has 1 aromatic heterocycles. The normalized spacial score (nSPS) is 11.7. The quantitative estimate of drug-likeness (QED) is 0.869. The molecule has 2 nitrogen and oxygen atoms in total. The Kier molecular flexibility index (Phi) is 6.84. The maximum Gasteiger partial charge on any atom is 0.123 e. The third kappa shape index (κ3) is 4.82. The first-order valence-electron chi connectivity index (χ1n) is 5.88. The zero-order valence-corrected chi connectivity index (χ0v) is 12.3. The van der Waals surface area contributed by atoms with Crippen LogP contribution < -0.4 is 10.1 Å². The van der Waals surface area contributed by atoms with E-state index < -0.39 is 0 Å². The molecule has 1 unspecified atom stereocenters. The van der Waals surface area contributed by atoms with Gasteiger partial charge in [0.15, 0.2) is 0 Å². The first-order valence-corrected chi connectivity index (χ1v) is 6.76. The molecule has 2 rings (SSSR count). The van der Waals surface area contributed by atoms with E-state index in [0.717, 1.165) is 6.42 Å². The van der Waals surface area contributed by atoms with Gasteiger partial charge in [-0.1, -0.05) is 6.07 Å². The summed E-state index contributed by atoms with van der Waals surface area (Å²) in [6, 6.07) is 10.6. The van der Waals surface area contributed by atoms with Gasteiger partial charge < -0.3 is 10.1 Å². The van der Waals surface area contributed by atoms with Crippen LogP contribution in [-0.2, 0) is 0 Å². The summed E-state index contributed by atoms with van der Waals surface area (Å²) < 4.78 is 18.3. The smallest absolute Gasteiger partial charge is 0.123 e. The van der Waals surface area contributed by atoms with Crippen molar-refractivity contribution >= 4 is 23.7 Å². The second-order valence-electron chi connectivity index (χ2n) is 3.95. The monoisotopic (exact) mass is 301 g/mol. The summed E-state index contributed by atoms with van der Waals surface area (Å²) in [6.07, 6.45) is 0.883. The number of hydrogen-bond donors (Lipinski definition) is 1. The SMILES string of the molecule is CNC(CCOc1ccc(F)cc1)c1cccs1.Cl. The summed E-state index contributed by atoms with van der Waals surface area (Å²) in [7, 11) is 1.95. The van der Waals surface area contributed by atoms with Crippen LogP contribution in [-0.4, -0.2) is 13.7 Å². The van der Waals surface area contributed by atoms with Crippen molar-refractivity contribution in [2.75, 3.05) is 13.7 Å². The van der Waals surface area contributed by atoms with Gasteiger partial charge >= 0.3 is 0 Å². The standard InChI is InChI=1S/C14H16FNOS.ClH/c1-16-13(14-3-2-10-18-14)8-9-17-12-6-4-11(15)5-7-12;/h2-7,10,13,16H,8-9H2,1H3;1H. The van der Waals surface area contributed by atoms with Crippen molar-refractivity contribution in [3.63, 3.8) is 0 Å². The van der Waals surface area contributed by atoms with Gasteiger partial charge in [0.05, 0.1) is 6.61 Å². The molecule has 1 atom stereocenters. The molecule has 0 bridgehead atoms. The summed E-state index contributed by atoms with van der Waals surface area (Å²) >= 11 is 1.74. The van der Waals surface area contributed by atoms with Crippen molar-refractivity contribution in [3.05, 3.63) is 52.5 Å². The third-order valence-corrected chi connectivity index (χ3v) is 3.71.